The summed E-state index contributed by atoms with van der Waals surface area (Å²) in [6.45, 7) is 3.45. The Morgan fingerprint density at radius 1 is 1.16 bits per heavy atom. The van der Waals surface area contributed by atoms with Crippen molar-refractivity contribution in [2.75, 3.05) is 11.9 Å². The van der Waals surface area contributed by atoms with Crippen LogP contribution in [0, 0.1) is 15.9 Å². The van der Waals surface area contributed by atoms with Crippen LogP contribution in [-0.4, -0.2) is 49.3 Å². The molecule has 2 aromatic carbocycles. The number of nitro groups is 1. The first kappa shape index (κ1) is 30.8. The van der Waals surface area contributed by atoms with Gasteiger partial charge in [-0.2, -0.15) is 0 Å². The minimum absolute atomic E-state index is 0.126. The van der Waals surface area contributed by atoms with E-state index in [9.17, 15) is 28.9 Å². The number of hydrogen-bond donors (Lipinski definition) is 2. The van der Waals surface area contributed by atoms with Crippen molar-refractivity contribution in [3.8, 4) is 5.69 Å². The quantitative estimate of drug-likeness (QED) is 0.0988. The van der Waals surface area contributed by atoms with Gasteiger partial charge < -0.3 is 15.4 Å². The smallest absolute Gasteiger partial charge is 0.341 e. The van der Waals surface area contributed by atoms with Gasteiger partial charge in [0.05, 0.1) is 34.5 Å². The number of thiophene rings is 1. The van der Waals surface area contributed by atoms with Gasteiger partial charge in [-0.1, -0.05) is 23.9 Å². The number of nitrogens with one attached hydrogen (secondary N) is 2. The Morgan fingerprint density at radius 2 is 1.91 bits per heavy atom. The topological polar surface area (TPSA) is 158 Å². The van der Waals surface area contributed by atoms with Crippen LogP contribution >= 0.6 is 23.1 Å². The Balaban J connectivity index is 1.38. The predicted molar refractivity (Wildman–Crippen MR) is 162 cm³/mol. The van der Waals surface area contributed by atoms with E-state index in [2.05, 4.69) is 20.8 Å². The number of benzene rings is 2. The average molecular weight is 639 g/mol. The number of esters is 1. The van der Waals surface area contributed by atoms with E-state index in [0.717, 1.165) is 41.5 Å². The van der Waals surface area contributed by atoms with E-state index in [0.29, 0.717) is 16.3 Å². The standard InChI is InChI=1S/C29H27FN6O6S2/c1-3-42-28(39)24-20-8-6-10-22(20)44-27(24)32-25(37)16(2)43-29-34-33-23(15-31-26(38)19-7-4-5-9-21(19)30)35(29)17-11-13-18(14-12-17)36(40)41/h4-5,7,9,11-14,16H,3,6,8,10,15H2,1-2H3,(H,31,38)(H,32,37). The highest BCUT2D eigenvalue weighted by Crippen LogP contribution is 2.40. The molecule has 0 fully saturated rings. The molecule has 5 rings (SSSR count). The third-order valence-electron chi connectivity index (χ3n) is 6.83. The summed E-state index contributed by atoms with van der Waals surface area (Å²) < 4.78 is 20.9. The predicted octanol–water partition coefficient (Wildman–Crippen LogP) is 5.09. The normalized spacial score (nSPS) is 12.8. The summed E-state index contributed by atoms with van der Waals surface area (Å²) in [6.07, 6.45) is 2.52. The molecule has 0 aliphatic heterocycles. The van der Waals surface area contributed by atoms with Crippen molar-refractivity contribution in [3.63, 3.8) is 0 Å². The number of aryl methyl sites for hydroxylation is 1. The number of rotatable bonds is 11. The molecule has 0 radical (unpaired) electrons. The van der Waals surface area contributed by atoms with Crippen LogP contribution in [0.4, 0.5) is 15.1 Å². The summed E-state index contributed by atoms with van der Waals surface area (Å²) in [5.41, 5.74) is 1.50. The largest absolute Gasteiger partial charge is 0.462 e. The molecule has 0 saturated carbocycles. The second-order valence-electron chi connectivity index (χ2n) is 9.70. The van der Waals surface area contributed by atoms with Crippen molar-refractivity contribution in [3.05, 3.63) is 91.9 Å². The Labute approximate surface area is 259 Å². The molecule has 44 heavy (non-hydrogen) atoms. The van der Waals surface area contributed by atoms with Gasteiger partial charge in [-0.25, -0.2) is 9.18 Å². The van der Waals surface area contributed by atoms with Crippen LogP contribution < -0.4 is 10.6 Å². The van der Waals surface area contributed by atoms with Crippen molar-refractivity contribution >= 4 is 51.6 Å². The first-order chi connectivity index (χ1) is 21.2. The molecule has 228 valence electrons. The number of non-ortho nitro benzene ring substituents is 1. The number of amides is 2. The molecule has 4 aromatic rings. The zero-order chi connectivity index (χ0) is 31.4. The number of nitro benzene ring substituents is 1. The van der Waals surface area contributed by atoms with Gasteiger partial charge in [-0.15, -0.1) is 21.5 Å². The van der Waals surface area contributed by atoms with E-state index in [1.165, 1.54) is 59.9 Å². The van der Waals surface area contributed by atoms with Gasteiger partial charge in [-0.3, -0.25) is 24.3 Å². The lowest BCUT2D eigenvalue weighted by Crippen LogP contribution is -2.26. The van der Waals surface area contributed by atoms with E-state index in [-0.39, 0.29) is 41.3 Å². The highest BCUT2D eigenvalue weighted by molar-refractivity contribution is 8.00. The van der Waals surface area contributed by atoms with Crippen molar-refractivity contribution in [1.82, 2.24) is 20.1 Å². The van der Waals surface area contributed by atoms with Crippen molar-refractivity contribution in [1.29, 1.82) is 0 Å². The molecule has 0 bridgehead atoms. The first-order valence-electron chi connectivity index (χ1n) is 13.7. The molecule has 1 atom stereocenters. The number of anilines is 1. The minimum Gasteiger partial charge on any atom is -0.462 e. The number of halogens is 1. The van der Waals surface area contributed by atoms with Gasteiger partial charge in [0.15, 0.2) is 11.0 Å². The fourth-order valence-corrected chi connectivity index (χ4v) is 6.88. The maximum atomic E-state index is 14.1. The lowest BCUT2D eigenvalue weighted by Gasteiger charge is -2.14. The van der Waals surface area contributed by atoms with Gasteiger partial charge in [0.2, 0.25) is 5.91 Å². The van der Waals surface area contributed by atoms with Gasteiger partial charge in [-0.05, 0) is 62.9 Å². The maximum absolute atomic E-state index is 14.1. The number of carbonyl (C=O) groups is 3. The number of fused-ring (bicyclic) bond motifs is 1. The Kier molecular flexibility index (Phi) is 9.35. The third-order valence-corrected chi connectivity index (χ3v) is 9.08. The number of carbonyl (C=O) groups excluding carboxylic acids is 3. The molecule has 1 unspecified atom stereocenters. The summed E-state index contributed by atoms with van der Waals surface area (Å²) in [6, 6.07) is 11.2. The summed E-state index contributed by atoms with van der Waals surface area (Å²) >= 11 is 2.45. The van der Waals surface area contributed by atoms with Crippen LogP contribution in [0.25, 0.3) is 5.69 Å². The number of thioether (sulfide) groups is 1. The van der Waals surface area contributed by atoms with Gasteiger partial charge in [0, 0.05) is 22.7 Å². The van der Waals surface area contributed by atoms with Crippen molar-refractivity contribution in [2.24, 2.45) is 0 Å². The zero-order valence-electron chi connectivity index (χ0n) is 23.7. The van der Waals surface area contributed by atoms with E-state index in [1.807, 2.05) is 0 Å². The van der Waals surface area contributed by atoms with Gasteiger partial charge in [0.25, 0.3) is 11.6 Å². The lowest BCUT2D eigenvalue weighted by molar-refractivity contribution is -0.384. The van der Waals surface area contributed by atoms with Crippen LogP contribution in [0.15, 0.2) is 53.7 Å². The molecule has 15 heteroatoms. The molecule has 2 amide bonds. The Bertz CT molecular complexity index is 1740. The van der Waals surface area contributed by atoms with Gasteiger partial charge in [0.1, 0.15) is 10.8 Å². The lowest BCUT2D eigenvalue weighted by atomic mass is 10.1. The fraction of sp³-hybridized carbons (Fsp3) is 0.276. The van der Waals surface area contributed by atoms with E-state index in [4.69, 9.17) is 4.74 Å². The number of nitrogens with zero attached hydrogens (tertiary/aromatic N) is 4. The molecule has 1 aliphatic carbocycles. The number of ether oxygens (including phenoxy) is 1. The van der Waals surface area contributed by atoms with E-state index < -0.39 is 27.9 Å². The third kappa shape index (κ3) is 6.48. The highest BCUT2D eigenvalue weighted by atomic mass is 32.2. The average Bonchev–Trinajstić information content (AvgIpc) is 3.71. The molecule has 12 nitrogen and oxygen atoms in total. The second-order valence-corrected chi connectivity index (χ2v) is 12.1. The summed E-state index contributed by atoms with van der Waals surface area (Å²) in [5, 5.41) is 25.1. The summed E-state index contributed by atoms with van der Waals surface area (Å²) in [4.78, 5) is 50.5. The van der Waals surface area contributed by atoms with Gasteiger partial charge >= 0.3 is 5.97 Å². The SMILES string of the molecule is CCOC(=O)c1c(NC(=O)C(C)Sc2nnc(CNC(=O)c3ccccc3F)n2-c2ccc([N+](=O)[O-])cc2)sc2c1CCC2. The fourth-order valence-electron chi connectivity index (χ4n) is 4.71. The summed E-state index contributed by atoms with van der Waals surface area (Å²) in [7, 11) is 0. The highest BCUT2D eigenvalue weighted by Gasteiger charge is 2.30. The van der Waals surface area contributed by atoms with Crippen molar-refractivity contribution in [2.45, 2.75) is 50.1 Å². The summed E-state index contributed by atoms with van der Waals surface area (Å²) in [5.74, 6) is -1.95. The molecular weight excluding hydrogens is 611 g/mol. The minimum atomic E-state index is -0.719. The molecule has 0 spiro atoms. The zero-order valence-corrected chi connectivity index (χ0v) is 25.3. The number of aromatic nitrogens is 3. The monoisotopic (exact) mass is 638 g/mol. The molecule has 2 N–H and O–H groups in total. The Morgan fingerprint density at radius 3 is 2.61 bits per heavy atom. The molecule has 0 saturated heterocycles. The Hall–Kier alpha value is -4.63. The molecular formula is C29H27FN6O6S2. The van der Waals surface area contributed by atoms with Crippen LogP contribution in [-0.2, 0) is 28.9 Å². The first-order valence-corrected chi connectivity index (χ1v) is 15.4. The molecule has 2 aromatic heterocycles. The van der Waals surface area contributed by atoms with E-state index in [1.54, 1.807) is 18.4 Å². The van der Waals surface area contributed by atoms with E-state index >= 15 is 0 Å². The second kappa shape index (κ2) is 13.3. The maximum Gasteiger partial charge on any atom is 0.341 e. The van der Waals surface area contributed by atoms with Crippen LogP contribution in [0.1, 0.15) is 57.2 Å². The van der Waals surface area contributed by atoms with Crippen LogP contribution in [0.2, 0.25) is 0 Å². The van der Waals surface area contributed by atoms with Crippen LogP contribution in [0.5, 0.6) is 0 Å². The van der Waals surface area contributed by atoms with Crippen LogP contribution in [0.3, 0.4) is 0 Å². The molecule has 2 heterocycles. The number of hydrogen-bond acceptors (Lipinski definition) is 10. The van der Waals surface area contributed by atoms with Crippen molar-refractivity contribution < 1.29 is 28.4 Å². The molecule has 1 aliphatic rings.